The summed E-state index contributed by atoms with van der Waals surface area (Å²) in [5.41, 5.74) is 1.11. The van der Waals surface area contributed by atoms with Gasteiger partial charge in [-0.3, -0.25) is 4.79 Å². The van der Waals surface area contributed by atoms with Crippen molar-refractivity contribution in [1.82, 2.24) is 25.2 Å². The molecule has 2 bridgehead atoms. The fraction of sp³-hybridized carbons (Fsp3) is 0.471. The van der Waals surface area contributed by atoms with Crippen LogP contribution < -0.4 is 10.1 Å². The molecule has 2 aliphatic heterocycles. The maximum absolute atomic E-state index is 12.6. The third-order valence-corrected chi connectivity index (χ3v) is 5.00. The first-order valence-corrected chi connectivity index (χ1v) is 8.29. The molecule has 1 amide bonds. The van der Waals surface area contributed by atoms with Gasteiger partial charge in [-0.15, -0.1) is 5.10 Å². The van der Waals surface area contributed by atoms with E-state index in [1.165, 1.54) is 0 Å². The molecule has 1 aromatic carbocycles. The zero-order valence-corrected chi connectivity index (χ0v) is 13.7. The molecule has 7 heteroatoms. The molecule has 3 heterocycles. The molecule has 1 aromatic heterocycles. The van der Waals surface area contributed by atoms with Gasteiger partial charge in [-0.2, -0.15) is 0 Å². The molecule has 0 radical (unpaired) electrons. The molecule has 2 saturated heterocycles. The van der Waals surface area contributed by atoms with Gasteiger partial charge in [-0.25, -0.2) is 4.68 Å². The molecule has 2 unspecified atom stereocenters. The van der Waals surface area contributed by atoms with Crippen molar-refractivity contribution in [2.24, 2.45) is 0 Å². The smallest absolute Gasteiger partial charge is 0.273 e. The summed E-state index contributed by atoms with van der Waals surface area (Å²) in [7, 11) is 1.63. The number of carbonyl (C=O) groups is 1. The standard InChI is InChI=1S/C17H21N5O2/c1-24-14-5-3-13(4-6-14)22-11-15(19-20-22)16(23)18-17-7-2-9-21(12-17)10-8-17/h3-6,11H,2,7-10,12H2,1H3,(H,18,23). The number of benzene rings is 1. The van der Waals surface area contributed by atoms with Crippen LogP contribution in [0.2, 0.25) is 0 Å². The highest BCUT2D eigenvalue weighted by Gasteiger charge is 2.42. The van der Waals surface area contributed by atoms with E-state index in [1.807, 2.05) is 24.3 Å². The summed E-state index contributed by atoms with van der Waals surface area (Å²) in [6, 6.07) is 7.46. The fourth-order valence-corrected chi connectivity index (χ4v) is 3.69. The predicted molar refractivity (Wildman–Crippen MR) is 88.4 cm³/mol. The number of carbonyl (C=O) groups excluding carboxylic acids is 1. The Balaban J connectivity index is 1.48. The Morgan fingerprint density at radius 1 is 1.25 bits per heavy atom. The number of nitrogens with one attached hydrogen (secondary N) is 1. The van der Waals surface area contributed by atoms with E-state index in [2.05, 4.69) is 20.5 Å². The molecule has 4 rings (SSSR count). The Kier molecular flexibility index (Phi) is 3.72. The van der Waals surface area contributed by atoms with Crippen LogP contribution in [-0.4, -0.2) is 58.1 Å². The Morgan fingerprint density at radius 2 is 2.08 bits per heavy atom. The number of ether oxygens (including phenoxy) is 1. The maximum atomic E-state index is 12.6. The third kappa shape index (κ3) is 2.75. The minimum Gasteiger partial charge on any atom is -0.497 e. The number of piperidine rings is 1. The average molecular weight is 327 g/mol. The third-order valence-electron chi connectivity index (χ3n) is 5.00. The van der Waals surface area contributed by atoms with Gasteiger partial charge in [0.1, 0.15) is 5.75 Å². The lowest BCUT2D eigenvalue weighted by atomic mass is 9.90. The number of rotatable bonds is 4. The summed E-state index contributed by atoms with van der Waals surface area (Å²) >= 11 is 0. The van der Waals surface area contributed by atoms with E-state index in [0.717, 1.165) is 50.3 Å². The lowest BCUT2D eigenvalue weighted by Crippen LogP contribution is -2.52. The molecule has 2 aliphatic rings. The van der Waals surface area contributed by atoms with Crippen LogP contribution in [0.15, 0.2) is 30.5 Å². The highest BCUT2D eigenvalue weighted by molar-refractivity contribution is 5.92. The number of amides is 1. The predicted octanol–water partition coefficient (Wildman–Crippen LogP) is 1.24. The van der Waals surface area contributed by atoms with Gasteiger partial charge in [0.25, 0.3) is 5.91 Å². The molecule has 2 aromatic rings. The second kappa shape index (κ2) is 5.90. The van der Waals surface area contributed by atoms with Crippen molar-refractivity contribution in [2.75, 3.05) is 26.7 Å². The highest BCUT2D eigenvalue weighted by Crippen LogP contribution is 2.31. The van der Waals surface area contributed by atoms with Crippen molar-refractivity contribution in [3.63, 3.8) is 0 Å². The Hall–Kier alpha value is -2.41. The van der Waals surface area contributed by atoms with Gasteiger partial charge in [0, 0.05) is 13.1 Å². The number of hydrogen-bond acceptors (Lipinski definition) is 5. The molecule has 2 atom stereocenters. The topological polar surface area (TPSA) is 72.3 Å². The van der Waals surface area contributed by atoms with Gasteiger partial charge in [0.05, 0.1) is 24.5 Å². The quantitative estimate of drug-likeness (QED) is 0.915. The summed E-state index contributed by atoms with van der Waals surface area (Å²) in [6.45, 7) is 3.16. The SMILES string of the molecule is COc1ccc(-n2cc(C(=O)NC34CCCN(CC3)C4)nn2)cc1. The molecule has 24 heavy (non-hydrogen) atoms. The van der Waals surface area contributed by atoms with Crippen LogP contribution in [-0.2, 0) is 0 Å². The first kappa shape index (κ1) is 15.1. The van der Waals surface area contributed by atoms with Crippen molar-refractivity contribution >= 4 is 5.91 Å². The van der Waals surface area contributed by atoms with Crippen LogP contribution in [0.3, 0.4) is 0 Å². The van der Waals surface area contributed by atoms with Crippen LogP contribution in [0.25, 0.3) is 5.69 Å². The number of methoxy groups -OCH3 is 1. The molecule has 126 valence electrons. The Morgan fingerprint density at radius 3 is 2.88 bits per heavy atom. The van der Waals surface area contributed by atoms with Crippen molar-refractivity contribution in [1.29, 1.82) is 0 Å². The molecule has 1 N–H and O–H groups in total. The largest absolute Gasteiger partial charge is 0.497 e. The first-order valence-electron chi connectivity index (χ1n) is 8.29. The zero-order valence-electron chi connectivity index (χ0n) is 13.7. The number of fused-ring (bicyclic) bond motifs is 2. The van der Waals surface area contributed by atoms with Gasteiger partial charge in [0.15, 0.2) is 5.69 Å². The maximum Gasteiger partial charge on any atom is 0.273 e. The second-order valence-electron chi connectivity index (χ2n) is 6.61. The van der Waals surface area contributed by atoms with E-state index in [1.54, 1.807) is 18.0 Å². The van der Waals surface area contributed by atoms with Crippen LogP contribution in [0.5, 0.6) is 5.75 Å². The first-order chi connectivity index (χ1) is 11.7. The minimum atomic E-state index is -0.140. The van der Waals surface area contributed by atoms with Gasteiger partial charge >= 0.3 is 0 Å². The molecular formula is C17H21N5O2. The molecule has 0 aliphatic carbocycles. The summed E-state index contributed by atoms with van der Waals surface area (Å²) in [5, 5.41) is 11.3. The van der Waals surface area contributed by atoms with E-state index < -0.39 is 0 Å². The van der Waals surface area contributed by atoms with Crippen LogP contribution in [0, 0.1) is 0 Å². The summed E-state index contributed by atoms with van der Waals surface area (Å²) in [5.74, 6) is 0.637. The van der Waals surface area contributed by atoms with Gasteiger partial charge in [-0.1, -0.05) is 5.21 Å². The summed E-state index contributed by atoms with van der Waals surface area (Å²) < 4.78 is 6.75. The van der Waals surface area contributed by atoms with Gasteiger partial charge in [-0.05, 0) is 50.1 Å². The van der Waals surface area contributed by atoms with Crippen molar-refractivity contribution < 1.29 is 9.53 Å². The average Bonchev–Trinajstić information content (AvgIpc) is 3.20. The summed E-state index contributed by atoms with van der Waals surface area (Å²) in [4.78, 5) is 15.0. The van der Waals surface area contributed by atoms with E-state index >= 15 is 0 Å². The van der Waals surface area contributed by atoms with E-state index in [-0.39, 0.29) is 11.4 Å². The van der Waals surface area contributed by atoms with E-state index in [9.17, 15) is 4.79 Å². The number of hydrogen-bond donors (Lipinski definition) is 1. The van der Waals surface area contributed by atoms with Crippen LogP contribution in [0.1, 0.15) is 29.8 Å². The van der Waals surface area contributed by atoms with Crippen LogP contribution in [0.4, 0.5) is 0 Å². The monoisotopic (exact) mass is 327 g/mol. The molecule has 0 saturated carbocycles. The second-order valence-corrected chi connectivity index (χ2v) is 6.61. The van der Waals surface area contributed by atoms with Crippen molar-refractivity contribution in [2.45, 2.75) is 24.8 Å². The fourth-order valence-electron chi connectivity index (χ4n) is 3.69. The van der Waals surface area contributed by atoms with Crippen molar-refractivity contribution in [3.05, 3.63) is 36.2 Å². The van der Waals surface area contributed by atoms with E-state index in [4.69, 9.17) is 4.74 Å². The molecule has 7 nitrogen and oxygen atoms in total. The lowest BCUT2D eigenvalue weighted by Gasteiger charge is -2.34. The normalized spacial score (nSPS) is 25.5. The van der Waals surface area contributed by atoms with Crippen molar-refractivity contribution in [3.8, 4) is 11.4 Å². The summed E-state index contributed by atoms with van der Waals surface area (Å²) in [6.07, 6.45) is 4.87. The molecule has 2 fully saturated rings. The van der Waals surface area contributed by atoms with Gasteiger partial charge in [0.2, 0.25) is 0 Å². The number of aromatic nitrogens is 3. The lowest BCUT2D eigenvalue weighted by molar-refractivity contribution is 0.0872. The van der Waals surface area contributed by atoms with Gasteiger partial charge < -0.3 is 15.0 Å². The zero-order chi connectivity index (χ0) is 16.6. The Bertz CT molecular complexity index is 738. The highest BCUT2D eigenvalue weighted by atomic mass is 16.5. The Labute approximate surface area is 140 Å². The van der Waals surface area contributed by atoms with E-state index in [0.29, 0.717) is 5.69 Å². The number of nitrogens with zero attached hydrogens (tertiary/aromatic N) is 4. The molecular weight excluding hydrogens is 306 g/mol. The molecule has 0 spiro atoms. The minimum absolute atomic E-state index is 0.0841. The van der Waals surface area contributed by atoms with Crippen LogP contribution >= 0.6 is 0 Å².